The molecule has 0 fully saturated rings. The van der Waals surface area contributed by atoms with Crippen LogP contribution < -0.4 is 5.32 Å². The van der Waals surface area contributed by atoms with Crippen LogP contribution in [0.1, 0.15) is 33.2 Å². The number of aromatic nitrogens is 1. The fourth-order valence-corrected chi connectivity index (χ4v) is 3.48. The van der Waals surface area contributed by atoms with Gasteiger partial charge in [-0.25, -0.2) is 0 Å². The molecule has 1 atom stereocenters. The molecule has 3 aromatic rings. The van der Waals surface area contributed by atoms with E-state index in [0.717, 1.165) is 21.4 Å². The molecule has 6 heteroatoms. The number of carbonyl (C=O) groups is 3. The number of imide groups is 1. The molecule has 0 saturated carbocycles. The fraction of sp³-hybridized carbons (Fsp3) is 0.190. The molecular weight excluding hydrogens is 342 g/mol. The van der Waals surface area contributed by atoms with Gasteiger partial charge in [0.2, 0.25) is 5.91 Å². The molecule has 2 N–H and O–H groups in total. The van der Waals surface area contributed by atoms with Crippen LogP contribution in [0.2, 0.25) is 0 Å². The molecule has 1 unspecified atom stereocenters. The van der Waals surface area contributed by atoms with Crippen molar-refractivity contribution in [2.45, 2.75) is 19.4 Å². The molecule has 2 aromatic carbocycles. The number of nitrogens with one attached hydrogen (secondary N) is 2. The molecule has 1 aliphatic rings. The summed E-state index contributed by atoms with van der Waals surface area (Å²) in [5.41, 5.74) is 2.86. The molecule has 1 aliphatic heterocycles. The summed E-state index contributed by atoms with van der Waals surface area (Å²) in [6, 6.07) is 13.7. The second-order valence-electron chi connectivity index (χ2n) is 6.60. The number of hydrogen-bond acceptors (Lipinski definition) is 3. The van der Waals surface area contributed by atoms with Crippen LogP contribution >= 0.6 is 0 Å². The topological polar surface area (TPSA) is 82.3 Å². The predicted molar refractivity (Wildman–Crippen MR) is 101 cm³/mol. The van der Waals surface area contributed by atoms with Gasteiger partial charge in [0, 0.05) is 23.6 Å². The van der Waals surface area contributed by atoms with Crippen LogP contribution in [-0.2, 0) is 11.2 Å². The van der Waals surface area contributed by atoms with Gasteiger partial charge in [-0.2, -0.15) is 0 Å². The third-order valence-corrected chi connectivity index (χ3v) is 4.96. The number of carbonyl (C=O) groups excluding carboxylic acids is 3. The maximum absolute atomic E-state index is 12.5. The highest BCUT2D eigenvalue weighted by molar-refractivity contribution is 6.22. The van der Waals surface area contributed by atoms with Crippen molar-refractivity contribution < 1.29 is 14.4 Å². The number of para-hydroxylation sites is 1. The molecule has 0 aliphatic carbocycles. The monoisotopic (exact) mass is 361 g/mol. The average molecular weight is 361 g/mol. The zero-order valence-corrected chi connectivity index (χ0v) is 14.9. The number of aromatic amines is 1. The zero-order valence-electron chi connectivity index (χ0n) is 14.9. The summed E-state index contributed by atoms with van der Waals surface area (Å²) < 4.78 is 0. The molecule has 0 spiro atoms. The smallest absolute Gasteiger partial charge is 0.262 e. The van der Waals surface area contributed by atoms with Gasteiger partial charge in [0.25, 0.3) is 11.8 Å². The molecule has 27 heavy (non-hydrogen) atoms. The predicted octanol–water partition coefficient (Wildman–Crippen LogP) is 2.51. The lowest BCUT2D eigenvalue weighted by atomic mass is 10.1. The summed E-state index contributed by atoms with van der Waals surface area (Å²) in [5.74, 6) is -1.19. The lowest BCUT2D eigenvalue weighted by Gasteiger charge is -2.21. The van der Waals surface area contributed by atoms with E-state index in [1.54, 1.807) is 31.2 Å². The lowest BCUT2D eigenvalue weighted by molar-refractivity contribution is -0.124. The van der Waals surface area contributed by atoms with Crippen LogP contribution in [0.5, 0.6) is 0 Å². The number of nitrogens with zero attached hydrogens (tertiary/aromatic N) is 1. The molecule has 0 radical (unpaired) electrons. The second kappa shape index (κ2) is 6.72. The number of benzene rings is 2. The van der Waals surface area contributed by atoms with Crippen molar-refractivity contribution in [2.24, 2.45) is 0 Å². The standard InChI is InChI=1S/C21H19N3O3/c1-13(24-20(26)16-7-2-3-8-17(16)21(24)27)19(25)22-11-10-14-12-23-18-9-5-4-6-15(14)18/h2-9,12-13,23H,10-11H2,1H3,(H,22,25). The summed E-state index contributed by atoms with van der Waals surface area (Å²) in [4.78, 5) is 41.7. The van der Waals surface area contributed by atoms with Crippen LogP contribution in [0.25, 0.3) is 10.9 Å². The third kappa shape index (κ3) is 2.89. The van der Waals surface area contributed by atoms with Gasteiger partial charge in [0.1, 0.15) is 6.04 Å². The molecule has 2 heterocycles. The summed E-state index contributed by atoms with van der Waals surface area (Å²) in [5, 5.41) is 3.96. The van der Waals surface area contributed by atoms with E-state index in [0.29, 0.717) is 24.1 Å². The Morgan fingerprint density at radius 3 is 2.37 bits per heavy atom. The summed E-state index contributed by atoms with van der Waals surface area (Å²) >= 11 is 0. The Morgan fingerprint density at radius 1 is 1.04 bits per heavy atom. The lowest BCUT2D eigenvalue weighted by Crippen LogP contribution is -2.48. The van der Waals surface area contributed by atoms with Crippen LogP contribution in [0.4, 0.5) is 0 Å². The highest BCUT2D eigenvalue weighted by Gasteiger charge is 2.40. The van der Waals surface area contributed by atoms with Gasteiger partial charge >= 0.3 is 0 Å². The molecule has 3 amide bonds. The zero-order chi connectivity index (χ0) is 19.0. The van der Waals surface area contributed by atoms with Crippen molar-refractivity contribution in [1.82, 2.24) is 15.2 Å². The maximum Gasteiger partial charge on any atom is 0.262 e. The van der Waals surface area contributed by atoms with Gasteiger partial charge < -0.3 is 10.3 Å². The van der Waals surface area contributed by atoms with E-state index < -0.39 is 17.9 Å². The van der Waals surface area contributed by atoms with Gasteiger partial charge in [0.05, 0.1) is 11.1 Å². The van der Waals surface area contributed by atoms with Crippen molar-refractivity contribution in [3.8, 4) is 0 Å². The summed E-state index contributed by atoms with van der Waals surface area (Å²) in [7, 11) is 0. The van der Waals surface area contributed by atoms with Crippen LogP contribution in [0, 0.1) is 0 Å². The summed E-state index contributed by atoms with van der Waals surface area (Å²) in [6.07, 6.45) is 2.59. The van der Waals surface area contributed by atoms with Crippen molar-refractivity contribution in [2.75, 3.05) is 6.54 Å². The highest BCUT2D eigenvalue weighted by Crippen LogP contribution is 2.24. The van der Waals surface area contributed by atoms with E-state index in [9.17, 15) is 14.4 Å². The average Bonchev–Trinajstić information content (AvgIpc) is 3.21. The van der Waals surface area contributed by atoms with Gasteiger partial charge in [-0.05, 0) is 37.1 Å². The third-order valence-electron chi connectivity index (χ3n) is 4.96. The Bertz CT molecular complexity index is 1020. The number of fused-ring (bicyclic) bond motifs is 2. The van der Waals surface area contributed by atoms with Crippen molar-refractivity contribution >= 4 is 28.6 Å². The van der Waals surface area contributed by atoms with Crippen molar-refractivity contribution in [3.05, 3.63) is 71.4 Å². The molecule has 0 bridgehead atoms. The van der Waals surface area contributed by atoms with Crippen molar-refractivity contribution in [3.63, 3.8) is 0 Å². The van der Waals surface area contributed by atoms with E-state index >= 15 is 0 Å². The highest BCUT2D eigenvalue weighted by atomic mass is 16.2. The first-order chi connectivity index (χ1) is 13.1. The minimum atomic E-state index is -0.861. The molecule has 1 aromatic heterocycles. The first-order valence-electron chi connectivity index (χ1n) is 8.87. The molecule has 0 saturated heterocycles. The SMILES string of the molecule is CC(C(=O)NCCc1c[nH]c2ccccc12)N1C(=O)c2ccccc2C1=O. The molecule has 6 nitrogen and oxygen atoms in total. The van der Waals surface area contributed by atoms with Crippen molar-refractivity contribution in [1.29, 1.82) is 0 Å². The van der Waals surface area contributed by atoms with Crippen LogP contribution in [-0.4, -0.2) is 40.2 Å². The Morgan fingerprint density at radius 2 is 1.67 bits per heavy atom. The van der Waals surface area contributed by atoms with Crippen LogP contribution in [0.15, 0.2) is 54.7 Å². The summed E-state index contributed by atoms with van der Waals surface area (Å²) in [6.45, 7) is 2.00. The van der Waals surface area contributed by atoms with E-state index in [4.69, 9.17) is 0 Å². The Kier molecular flexibility index (Phi) is 4.24. The number of H-pyrrole nitrogens is 1. The minimum Gasteiger partial charge on any atom is -0.361 e. The Balaban J connectivity index is 1.40. The minimum absolute atomic E-state index is 0.343. The van der Waals surface area contributed by atoms with E-state index in [2.05, 4.69) is 10.3 Å². The molecule has 4 rings (SSSR count). The first-order valence-corrected chi connectivity index (χ1v) is 8.87. The maximum atomic E-state index is 12.5. The quantitative estimate of drug-likeness (QED) is 0.685. The van der Waals surface area contributed by atoms with Gasteiger partial charge in [0.15, 0.2) is 0 Å². The largest absolute Gasteiger partial charge is 0.361 e. The van der Waals surface area contributed by atoms with E-state index in [-0.39, 0.29) is 5.91 Å². The normalized spacial score (nSPS) is 14.5. The molecule has 136 valence electrons. The Labute approximate surface area is 156 Å². The number of hydrogen-bond donors (Lipinski definition) is 2. The van der Waals surface area contributed by atoms with Crippen LogP contribution in [0.3, 0.4) is 0 Å². The van der Waals surface area contributed by atoms with Gasteiger partial charge in [-0.15, -0.1) is 0 Å². The first kappa shape index (κ1) is 17.0. The van der Waals surface area contributed by atoms with Gasteiger partial charge in [-0.3, -0.25) is 19.3 Å². The van der Waals surface area contributed by atoms with Gasteiger partial charge in [-0.1, -0.05) is 30.3 Å². The second-order valence-corrected chi connectivity index (χ2v) is 6.60. The van der Waals surface area contributed by atoms with E-state index in [1.165, 1.54) is 0 Å². The Hall–Kier alpha value is -3.41. The fourth-order valence-electron chi connectivity index (χ4n) is 3.48. The molecular formula is C21H19N3O3. The number of amides is 3. The van der Waals surface area contributed by atoms with E-state index in [1.807, 2.05) is 30.5 Å². The number of rotatable bonds is 5.